The fraction of sp³-hybridized carbons (Fsp3) is 1.00. The normalized spacial score (nSPS) is 26.3. The van der Waals surface area contributed by atoms with Crippen LogP contribution in [0.1, 0.15) is 77.6 Å². The number of piperidine rings is 2. The van der Waals surface area contributed by atoms with Crippen LogP contribution in [0, 0.1) is 5.92 Å². The van der Waals surface area contributed by atoms with E-state index in [4.69, 9.17) is 5.11 Å². The largest absolute Gasteiger partial charge is 0.396 e. The highest BCUT2D eigenvalue weighted by Crippen LogP contribution is 2.28. The van der Waals surface area contributed by atoms with E-state index in [1.165, 1.54) is 83.8 Å². The Kier molecular flexibility index (Phi) is 8.05. The second kappa shape index (κ2) is 9.81. The Labute approximate surface area is 131 Å². The first-order chi connectivity index (χ1) is 10.3. The molecule has 0 saturated carbocycles. The van der Waals surface area contributed by atoms with Gasteiger partial charge in [0.25, 0.3) is 0 Å². The third kappa shape index (κ3) is 5.54. The highest BCUT2D eigenvalue weighted by atomic mass is 16.3. The molecule has 0 amide bonds. The van der Waals surface area contributed by atoms with Crippen LogP contribution in [0.2, 0.25) is 0 Å². The second-order valence-corrected chi connectivity index (χ2v) is 7.07. The van der Waals surface area contributed by atoms with Gasteiger partial charge in [0, 0.05) is 32.3 Å². The molecule has 0 aromatic rings. The lowest BCUT2D eigenvalue weighted by molar-refractivity contribution is -0.0989. The summed E-state index contributed by atoms with van der Waals surface area (Å²) in [7, 11) is 0. The lowest BCUT2D eigenvalue weighted by Gasteiger charge is -2.46. The number of hydrogen-bond acceptors (Lipinski definition) is 3. The molecule has 0 aliphatic carbocycles. The van der Waals surface area contributed by atoms with E-state index in [1.54, 1.807) is 0 Å². The summed E-state index contributed by atoms with van der Waals surface area (Å²) in [6.45, 7) is 6.38. The van der Waals surface area contributed by atoms with E-state index >= 15 is 0 Å². The van der Waals surface area contributed by atoms with Crippen LogP contribution in [0.4, 0.5) is 0 Å². The molecule has 0 bridgehead atoms. The van der Waals surface area contributed by atoms with Crippen LogP contribution in [0.15, 0.2) is 0 Å². The van der Waals surface area contributed by atoms with E-state index < -0.39 is 0 Å². The molecule has 1 unspecified atom stereocenters. The molecule has 1 N–H and O–H groups in total. The Morgan fingerprint density at radius 2 is 1.71 bits per heavy atom. The number of unbranched alkanes of at least 4 members (excludes halogenated alkanes) is 3. The Hall–Kier alpha value is -0.120. The second-order valence-electron chi connectivity index (χ2n) is 7.07. The van der Waals surface area contributed by atoms with Crippen molar-refractivity contribution >= 4 is 0 Å². The van der Waals surface area contributed by atoms with Crippen molar-refractivity contribution in [3.05, 3.63) is 0 Å². The number of aliphatic hydroxyl groups excluding tert-OH is 1. The summed E-state index contributed by atoms with van der Waals surface area (Å²) >= 11 is 0. The van der Waals surface area contributed by atoms with Gasteiger partial charge in [0.2, 0.25) is 0 Å². The molecular formula is C18H36N2O. The zero-order chi connectivity index (χ0) is 14.9. The molecule has 2 rings (SSSR count). The topological polar surface area (TPSA) is 26.7 Å². The number of nitrogens with zero attached hydrogens (tertiary/aromatic N) is 2. The van der Waals surface area contributed by atoms with E-state index in [-0.39, 0.29) is 0 Å². The maximum Gasteiger partial charge on any atom is 0.0433 e. The Balaban J connectivity index is 1.76. The highest BCUT2D eigenvalue weighted by molar-refractivity contribution is 4.79. The molecule has 2 aliphatic heterocycles. The molecular weight excluding hydrogens is 260 g/mol. The fourth-order valence-corrected chi connectivity index (χ4v) is 4.11. The van der Waals surface area contributed by atoms with Crippen LogP contribution in [-0.2, 0) is 0 Å². The first-order valence-electron chi connectivity index (χ1n) is 9.47. The van der Waals surface area contributed by atoms with Crippen LogP contribution in [-0.4, -0.2) is 47.4 Å². The predicted octanol–water partition coefficient (Wildman–Crippen LogP) is 3.82. The fourth-order valence-electron chi connectivity index (χ4n) is 4.11. The summed E-state index contributed by atoms with van der Waals surface area (Å²) in [4.78, 5) is 0. The highest BCUT2D eigenvalue weighted by Gasteiger charge is 2.29. The summed E-state index contributed by atoms with van der Waals surface area (Å²) in [5.74, 6) is 0.763. The molecule has 2 saturated heterocycles. The summed E-state index contributed by atoms with van der Waals surface area (Å²) in [6.07, 6.45) is 14.7. The van der Waals surface area contributed by atoms with Gasteiger partial charge in [-0.25, -0.2) is 10.0 Å². The van der Waals surface area contributed by atoms with E-state index in [0.717, 1.165) is 18.4 Å². The Morgan fingerprint density at radius 3 is 2.43 bits per heavy atom. The van der Waals surface area contributed by atoms with Crippen LogP contribution in [0.5, 0.6) is 0 Å². The monoisotopic (exact) mass is 296 g/mol. The van der Waals surface area contributed by atoms with Crippen molar-refractivity contribution in [2.75, 3.05) is 26.2 Å². The van der Waals surface area contributed by atoms with Crippen molar-refractivity contribution in [3.8, 4) is 0 Å². The minimum absolute atomic E-state index is 0.369. The molecule has 0 radical (unpaired) electrons. The van der Waals surface area contributed by atoms with Gasteiger partial charge in [-0.2, -0.15) is 0 Å². The van der Waals surface area contributed by atoms with Crippen molar-refractivity contribution in [3.63, 3.8) is 0 Å². The molecule has 2 fully saturated rings. The average Bonchev–Trinajstić information content (AvgIpc) is 2.53. The van der Waals surface area contributed by atoms with E-state index in [1.807, 2.05) is 0 Å². The van der Waals surface area contributed by atoms with E-state index in [9.17, 15) is 0 Å². The summed E-state index contributed by atoms with van der Waals surface area (Å²) in [5, 5.41) is 14.5. The predicted molar refractivity (Wildman–Crippen MR) is 89.1 cm³/mol. The van der Waals surface area contributed by atoms with Crippen molar-refractivity contribution < 1.29 is 5.11 Å². The van der Waals surface area contributed by atoms with Gasteiger partial charge < -0.3 is 5.11 Å². The van der Waals surface area contributed by atoms with Crippen molar-refractivity contribution in [1.82, 2.24) is 10.0 Å². The lowest BCUT2D eigenvalue weighted by atomic mass is 9.93. The third-order valence-electron chi connectivity index (χ3n) is 5.48. The van der Waals surface area contributed by atoms with Gasteiger partial charge >= 0.3 is 0 Å². The van der Waals surface area contributed by atoms with E-state index in [0.29, 0.717) is 6.61 Å². The Bertz CT molecular complexity index is 259. The van der Waals surface area contributed by atoms with Gasteiger partial charge in [-0.15, -0.1) is 0 Å². The average molecular weight is 296 g/mol. The van der Waals surface area contributed by atoms with Gasteiger partial charge in [-0.05, 0) is 44.4 Å². The number of aliphatic hydroxyl groups is 1. The summed E-state index contributed by atoms with van der Waals surface area (Å²) in [6, 6.07) is 0.810. The van der Waals surface area contributed by atoms with Gasteiger partial charge in [-0.3, -0.25) is 0 Å². The number of rotatable bonds is 8. The lowest BCUT2D eigenvalue weighted by Crippen LogP contribution is -2.53. The zero-order valence-corrected chi connectivity index (χ0v) is 14.1. The summed E-state index contributed by atoms with van der Waals surface area (Å²) in [5.41, 5.74) is 0. The van der Waals surface area contributed by atoms with Gasteiger partial charge in [0.15, 0.2) is 0 Å². The zero-order valence-electron chi connectivity index (χ0n) is 14.1. The summed E-state index contributed by atoms with van der Waals surface area (Å²) < 4.78 is 0. The maximum absolute atomic E-state index is 9.09. The van der Waals surface area contributed by atoms with Crippen molar-refractivity contribution in [1.29, 1.82) is 0 Å². The van der Waals surface area contributed by atoms with Gasteiger partial charge in [0.05, 0.1) is 0 Å². The van der Waals surface area contributed by atoms with Crippen molar-refractivity contribution in [2.24, 2.45) is 5.92 Å². The molecule has 0 aromatic heterocycles. The number of hydrazine groups is 1. The smallest absolute Gasteiger partial charge is 0.0433 e. The van der Waals surface area contributed by atoms with Crippen LogP contribution >= 0.6 is 0 Å². The van der Waals surface area contributed by atoms with Crippen LogP contribution in [0.25, 0.3) is 0 Å². The molecule has 21 heavy (non-hydrogen) atoms. The minimum Gasteiger partial charge on any atom is -0.396 e. The molecule has 0 aromatic carbocycles. The molecule has 3 nitrogen and oxygen atoms in total. The third-order valence-corrected chi connectivity index (χ3v) is 5.48. The maximum atomic E-state index is 9.09. The van der Waals surface area contributed by atoms with Gasteiger partial charge in [0.1, 0.15) is 0 Å². The number of hydrogen-bond donors (Lipinski definition) is 1. The SMILES string of the molecule is CCCCCCC1CCCCN1N1CCC(CCO)CC1. The van der Waals surface area contributed by atoms with Crippen molar-refractivity contribution in [2.45, 2.75) is 83.6 Å². The molecule has 3 heteroatoms. The Morgan fingerprint density at radius 1 is 0.905 bits per heavy atom. The van der Waals surface area contributed by atoms with Gasteiger partial charge in [-0.1, -0.05) is 39.0 Å². The minimum atomic E-state index is 0.369. The molecule has 124 valence electrons. The van der Waals surface area contributed by atoms with Crippen LogP contribution < -0.4 is 0 Å². The molecule has 1 atom stereocenters. The molecule has 2 heterocycles. The first-order valence-corrected chi connectivity index (χ1v) is 9.47. The standard InChI is InChI=1S/C18H36N2O/c1-2-3-4-5-8-18-9-6-7-13-20(18)19-14-10-17(11-15-19)12-16-21/h17-18,21H,2-16H2,1H3. The quantitative estimate of drug-likeness (QED) is 0.690. The first kappa shape index (κ1) is 17.2. The molecule has 0 spiro atoms. The van der Waals surface area contributed by atoms with E-state index in [2.05, 4.69) is 16.9 Å². The van der Waals surface area contributed by atoms with Crippen LogP contribution in [0.3, 0.4) is 0 Å². The molecule has 2 aliphatic rings.